The molecular weight excluding hydrogens is 322 g/mol. The standard InChI is InChI=1S/C14H8ClN5OS/c15-22-12-4-2-1-3-11(12)14-17-13(19-21-14)9-5-7-10(8-6-9)18-20-16/h1-8H. The molecule has 6 nitrogen and oxygen atoms in total. The summed E-state index contributed by atoms with van der Waals surface area (Å²) in [6, 6.07) is 14.4. The van der Waals surface area contributed by atoms with Crippen LogP contribution in [0.4, 0.5) is 5.69 Å². The molecular formula is C14H8ClN5OS. The van der Waals surface area contributed by atoms with E-state index < -0.39 is 0 Å². The van der Waals surface area contributed by atoms with Crippen molar-refractivity contribution in [1.82, 2.24) is 10.1 Å². The van der Waals surface area contributed by atoms with Crippen LogP contribution in [0.3, 0.4) is 0 Å². The first-order valence-electron chi connectivity index (χ1n) is 6.19. The molecule has 22 heavy (non-hydrogen) atoms. The minimum atomic E-state index is 0.401. The molecule has 0 fully saturated rings. The van der Waals surface area contributed by atoms with Gasteiger partial charge in [-0.3, -0.25) is 0 Å². The summed E-state index contributed by atoms with van der Waals surface area (Å²) >= 11 is 0. The maximum absolute atomic E-state index is 8.39. The van der Waals surface area contributed by atoms with Crippen LogP contribution >= 0.6 is 21.7 Å². The molecule has 1 heterocycles. The highest BCUT2D eigenvalue weighted by atomic mass is 35.7. The second kappa shape index (κ2) is 6.53. The van der Waals surface area contributed by atoms with Gasteiger partial charge in [0.25, 0.3) is 5.89 Å². The number of hydrogen-bond acceptors (Lipinski definition) is 5. The van der Waals surface area contributed by atoms with Crippen LogP contribution in [0.25, 0.3) is 33.3 Å². The molecule has 0 atom stereocenters. The smallest absolute Gasteiger partial charge is 0.259 e. The fourth-order valence-electron chi connectivity index (χ4n) is 1.89. The molecule has 0 spiro atoms. The van der Waals surface area contributed by atoms with Crippen molar-refractivity contribution in [2.45, 2.75) is 4.90 Å². The van der Waals surface area contributed by atoms with Crippen molar-refractivity contribution in [3.8, 4) is 22.8 Å². The van der Waals surface area contributed by atoms with Crippen molar-refractivity contribution in [3.63, 3.8) is 0 Å². The highest BCUT2D eigenvalue weighted by molar-refractivity contribution is 8.21. The Hall–Kier alpha value is -2.47. The van der Waals surface area contributed by atoms with Crippen LogP contribution in [0, 0.1) is 0 Å². The number of azide groups is 1. The summed E-state index contributed by atoms with van der Waals surface area (Å²) in [5.74, 6) is 0.856. The largest absolute Gasteiger partial charge is 0.334 e. The van der Waals surface area contributed by atoms with Crippen molar-refractivity contribution >= 4 is 27.3 Å². The Bertz CT molecular complexity index is 842. The van der Waals surface area contributed by atoms with E-state index in [0.29, 0.717) is 17.4 Å². The van der Waals surface area contributed by atoms with Gasteiger partial charge in [-0.15, -0.1) is 0 Å². The van der Waals surface area contributed by atoms with Crippen LogP contribution in [0.1, 0.15) is 0 Å². The van der Waals surface area contributed by atoms with Gasteiger partial charge in [0.05, 0.1) is 5.56 Å². The number of hydrogen-bond donors (Lipinski definition) is 0. The second-order valence-corrected chi connectivity index (χ2v) is 5.29. The normalized spacial score (nSPS) is 10.2. The monoisotopic (exact) mass is 329 g/mol. The highest BCUT2D eigenvalue weighted by Crippen LogP contribution is 2.33. The summed E-state index contributed by atoms with van der Waals surface area (Å²) in [5, 5.41) is 7.49. The molecule has 1 aromatic heterocycles. The fraction of sp³-hybridized carbons (Fsp3) is 0. The van der Waals surface area contributed by atoms with Gasteiger partial charge in [-0.25, -0.2) is 0 Å². The van der Waals surface area contributed by atoms with Gasteiger partial charge in [-0.1, -0.05) is 46.7 Å². The molecule has 0 amide bonds. The van der Waals surface area contributed by atoms with Gasteiger partial charge in [-0.05, 0) is 39.3 Å². The van der Waals surface area contributed by atoms with Crippen molar-refractivity contribution < 1.29 is 4.52 Å². The third-order valence-electron chi connectivity index (χ3n) is 2.91. The lowest BCUT2D eigenvalue weighted by atomic mass is 10.2. The number of rotatable bonds is 4. The van der Waals surface area contributed by atoms with Crippen molar-refractivity contribution in [3.05, 3.63) is 59.0 Å². The molecule has 3 aromatic rings. The van der Waals surface area contributed by atoms with Gasteiger partial charge in [0.2, 0.25) is 5.82 Å². The lowest BCUT2D eigenvalue weighted by Gasteiger charge is -1.99. The van der Waals surface area contributed by atoms with Gasteiger partial charge >= 0.3 is 0 Å². The number of nitrogens with zero attached hydrogens (tertiary/aromatic N) is 5. The fourth-order valence-corrected chi connectivity index (χ4v) is 2.66. The van der Waals surface area contributed by atoms with E-state index in [1.54, 1.807) is 24.3 Å². The predicted octanol–water partition coefficient (Wildman–Crippen LogP) is 5.59. The Morgan fingerprint density at radius 1 is 1.14 bits per heavy atom. The molecule has 3 rings (SSSR count). The molecule has 0 aliphatic heterocycles. The zero-order valence-electron chi connectivity index (χ0n) is 11.0. The van der Waals surface area contributed by atoms with Crippen LogP contribution < -0.4 is 0 Å². The number of aromatic nitrogens is 2. The van der Waals surface area contributed by atoms with Crippen LogP contribution in [0.5, 0.6) is 0 Å². The van der Waals surface area contributed by atoms with Crippen molar-refractivity contribution in [1.29, 1.82) is 0 Å². The second-order valence-electron chi connectivity index (χ2n) is 4.23. The quantitative estimate of drug-likeness (QED) is 0.354. The number of benzene rings is 2. The summed E-state index contributed by atoms with van der Waals surface area (Å²) in [7, 11) is 6.94. The molecule has 0 saturated heterocycles. The molecule has 0 bridgehead atoms. The lowest BCUT2D eigenvalue weighted by Crippen LogP contribution is -1.82. The van der Waals surface area contributed by atoms with E-state index in [2.05, 4.69) is 20.2 Å². The van der Waals surface area contributed by atoms with Gasteiger partial charge in [0.15, 0.2) is 0 Å². The lowest BCUT2D eigenvalue weighted by molar-refractivity contribution is 0.431. The Labute approximate surface area is 134 Å². The Morgan fingerprint density at radius 3 is 2.64 bits per heavy atom. The van der Waals surface area contributed by atoms with Crippen molar-refractivity contribution in [2.24, 2.45) is 5.11 Å². The zero-order valence-corrected chi connectivity index (χ0v) is 12.6. The van der Waals surface area contributed by atoms with E-state index in [4.69, 9.17) is 20.7 Å². The average molecular weight is 330 g/mol. The zero-order chi connectivity index (χ0) is 15.4. The highest BCUT2D eigenvalue weighted by Gasteiger charge is 2.13. The molecule has 2 aromatic carbocycles. The Kier molecular flexibility index (Phi) is 4.29. The van der Waals surface area contributed by atoms with Gasteiger partial charge in [0, 0.05) is 21.1 Å². The minimum Gasteiger partial charge on any atom is -0.334 e. The first-order chi connectivity index (χ1) is 10.8. The molecule has 0 aliphatic carbocycles. The topological polar surface area (TPSA) is 87.7 Å². The van der Waals surface area contributed by atoms with Gasteiger partial charge in [-0.2, -0.15) is 4.98 Å². The Morgan fingerprint density at radius 2 is 1.91 bits per heavy atom. The molecule has 108 valence electrons. The van der Waals surface area contributed by atoms with Gasteiger partial charge < -0.3 is 4.52 Å². The van der Waals surface area contributed by atoms with E-state index in [9.17, 15) is 0 Å². The van der Waals surface area contributed by atoms with Crippen LogP contribution in [0.15, 0.2) is 63.1 Å². The minimum absolute atomic E-state index is 0.401. The molecule has 8 heteroatoms. The van der Waals surface area contributed by atoms with Crippen molar-refractivity contribution in [2.75, 3.05) is 0 Å². The number of halogens is 1. The van der Waals surface area contributed by atoms with E-state index in [-0.39, 0.29) is 0 Å². The summed E-state index contributed by atoms with van der Waals surface area (Å²) in [6.07, 6.45) is 0. The van der Waals surface area contributed by atoms with E-state index in [0.717, 1.165) is 27.0 Å². The van der Waals surface area contributed by atoms with Crippen LogP contribution in [-0.2, 0) is 0 Å². The molecule has 0 radical (unpaired) electrons. The maximum atomic E-state index is 8.39. The summed E-state index contributed by atoms with van der Waals surface area (Å²) in [4.78, 5) is 7.96. The van der Waals surface area contributed by atoms with Gasteiger partial charge in [0.1, 0.15) is 0 Å². The predicted molar refractivity (Wildman–Crippen MR) is 85.7 cm³/mol. The molecule has 0 aliphatic rings. The summed E-state index contributed by atoms with van der Waals surface area (Å²) in [5.41, 5.74) is 10.5. The summed E-state index contributed by atoms with van der Waals surface area (Å²) < 4.78 is 5.31. The maximum Gasteiger partial charge on any atom is 0.259 e. The third-order valence-corrected chi connectivity index (χ3v) is 3.93. The summed E-state index contributed by atoms with van der Waals surface area (Å²) in [6.45, 7) is 0. The average Bonchev–Trinajstić information content (AvgIpc) is 3.05. The van der Waals surface area contributed by atoms with Crippen LogP contribution in [0.2, 0.25) is 0 Å². The first-order valence-corrected chi connectivity index (χ1v) is 7.83. The molecule has 0 saturated carbocycles. The first kappa shape index (κ1) is 14.5. The van der Waals surface area contributed by atoms with Crippen LogP contribution in [-0.4, -0.2) is 10.1 Å². The SMILES string of the molecule is [N-]=[N+]=Nc1ccc(-c2noc(-c3ccccc3SCl)n2)cc1. The molecule has 0 unspecified atom stereocenters. The van der Waals surface area contributed by atoms with E-state index in [1.807, 2.05) is 24.3 Å². The third kappa shape index (κ3) is 2.92. The van der Waals surface area contributed by atoms with E-state index >= 15 is 0 Å². The molecule has 0 N–H and O–H groups in total. The Balaban J connectivity index is 1.95. The van der Waals surface area contributed by atoms with E-state index in [1.165, 1.54) is 0 Å².